The van der Waals surface area contributed by atoms with E-state index in [9.17, 15) is 9.59 Å². The van der Waals surface area contributed by atoms with E-state index in [2.05, 4.69) is 5.32 Å². The smallest absolute Gasteiger partial charge is 0.318 e. The van der Waals surface area contributed by atoms with Crippen LogP contribution >= 0.6 is 0 Å². The van der Waals surface area contributed by atoms with E-state index in [0.717, 1.165) is 0 Å². The summed E-state index contributed by atoms with van der Waals surface area (Å²) in [5, 5.41) is 4.93. The van der Waals surface area contributed by atoms with Crippen molar-refractivity contribution in [3.8, 4) is 0 Å². The lowest BCUT2D eigenvalue weighted by Crippen LogP contribution is -2.49. The van der Waals surface area contributed by atoms with Gasteiger partial charge in [0.25, 0.3) is 0 Å². The summed E-state index contributed by atoms with van der Waals surface area (Å²) in [6.07, 6.45) is -0.0578. The van der Waals surface area contributed by atoms with Crippen LogP contribution in [0.2, 0.25) is 0 Å². The maximum absolute atomic E-state index is 11.3. The Hall–Kier alpha value is -1.18. The topological polar surface area (TPSA) is 103 Å². The molecule has 2 atom stereocenters. The molecule has 4 N–H and O–H groups in total. The number of carbonyl (C=O) groups is 2. The second kappa shape index (κ2) is 6.41. The zero-order valence-corrected chi connectivity index (χ0v) is 9.19. The number of nitrogens with one attached hydrogen (secondary N) is 2. The Morgan fingerprint density at radius 2 is 2.25 bits per heavy atom. The fourth-order valence-corrected chi connectivity index (χ4v) is 1.29. The normalized spacial score (nSPS) is 22.4. The van der Waals surface area contributed by atoms with E-state index in [-0.39, 0.29) is 6.10 Å². The second-order valence-corrected chi connectivity index (χ2v) is 3.55. The van der Waals surface area contributed by atoms with Crippen LogP contribution in [-0.4, -0.2) is 50.4 Å². The van der Waals surface area contributed by atoms with Gasteiger partial charge in [-0.05, 0) is 6.92 Å². The lowest BCUT2D eigenvalue weighted by Gasteiger charge is -2.24. The van der Waals surface area contributed by atoms with Gasteiger partial charge in [0.1, 0.15) is 0 Å². The predicted molar refractivity (Wildman–Crippen MR) is 55.7 cm³/mol. The molecule has 1 heterocycles. The molecule has 3 amide bonds. The van der Waals surface area contributed by atoms with Gasteiger partial charge in [-0.25, -0.2) is 4.79 Å². The molecule has 16 heavy (non-hydrogen) atoms. The zero-order chi connectivity index (χ0) is 12.0. The zero-order valence-electron chi connectivity index (χ0n) is 9.19. The summed E-state index contributed by atoms with van der Waals surface area (Å²) in [7, 11) is 0. The highest BCUT2D eigenvalue weighted by molar-refractivity contribution is 5.96. The molecule has 0 aromatic carbocycles. The van der Waals surface area contributed by atoms with E-state index < -0.39 is 18.0 Å². The van der Waals surface area contributed by atoms with Crippen molar-refractivity contribution in [3.05, 3.63) is 0 Å². The molecule has 0 aliphatic carbocycles. The maximum Gasteiger partial charge on any atom is 0.318 e. The van der Waals surface area contributed by atoms with Gasteiger partial charge < -0.3 is 20.5 Å². The predicted octanol–water partition coefficient (Wildman–Crippen LogP) is -1.43. The largest absolute Gasteiger partial charge is 0.376 e. The molecular weight excluding hydrogens is 214 g/mol. The summed E-state index contributed by atoms with van der Waals surface area (Å²) in [4.78, 5) is 21.7. The van der Waals surface area contributed by atoms with Gasteiger partial charge in [0.15, 0.2) is 0 Å². The third kappa shape index (κ3) is 4.56. The van der Waals surface area contributed by atoms with E-state index in [1.54, 1.807) is 6.92 Å². The maximum atomic E-state index is 11.3. The van der Waals surface area contributed by atoms with E-state index in [4.69, 9.17) is 15.2 Å². The van der Waals surface area contributed by atoms with Gasteiger partial charge in [-0.1, -0.05) is 0 Å². The second-order valence-electron chi connectivity index (χ2n) is 3.55. The molecule has 2 unspecified atom stereocenters. The number of primary amides is 1. The number of imide groups is 1. The van der Waals surface area contributed by atoms with Gasteiger partial charge in [-0.2, -0.15) is 0 Å². The number of carbonyl (C=O) groups excluding carboxylic acids is 2. The first-order valence-corrected chi connectivity index (χ1v) is 5.12. The molecule has 0 spiro atoms. The number of nitrogens with two attached hydrogens (primary N) is 1. The number of urea groups is 1. The van der Waals surface area contributed by atoms with Gasteiger partial charge in [0.05, 0.1) is 32.0 Å². The standard InChI is InChI=1S/C9H17N3O4/c1-6(8(13)12-9(10)14)11-4-7-5-15-2-3-16-7/h6-7,11H,2-5H2,1H3,(H3,10,12,13,14). The highest BCUT2D eigenvalue weighted by Gasteiger charge is 2.18. The molecule has 92 valence electrons. The average Bonchev–Trinajstić information content (AvgIpc) is 2.26. The third-order valence-electron chi connectivity index (χ3n) is 2.18. The lowest BCUT2D eigenvalue weighted by molar-refractivity contribution is -0.122. The van der Waals surface area contributed by atoms with Crippen molar-refractivity contribution in [2.75, 3.05) is 26.4 Å². The van der Waals surface area contributed by atoms with Crippen molar-refractivity contribution in [2.45, 2.75) is 19.1 Å². The molecule has 7 heteroatoms. The van der Waals surface area contributed by atoms with Crippen molar-refractivity contribution in [1.82, 2.24) is 10.6 Å². The summed E-state index contributed by atoms with van der Waals surface area (Å²) < 4.78 is 10.6. The van der Waals surface area contributed by atoms with Gasteiger partial charge in [0, 0.05) is 6.54 Å². The van der Waals surface area contributed by atoms with Crippen molar-refractivity contribution in [3.63, 3.8) is 0 Å². The van der Waals surface area contributed by atoms with Gasteiger partial charge in [-0.3, -0.25) is 10.1 Å². The number of hydrogen-bond acceptors (Lipinski definition) is 5. The molecule has 1 saturated heterocycles. The average molecular weight is 231 g/mol. The Kier molecular flexibility index (Phi) is 5.17. The minimum atomic E-state index is -0.851. The van der Waals surface area contributed by atoms with Crippen LogP contribution in [0.5, 0.6) is 0 Å². The summed E-state index contributed by atoms with van der Waals surface area (Å²) in [6.45, 7) is 3.81. The number of ether oxygens (including phenoxy) is 2. The first-order chi connectivity index (χ1) is 7.59. The quantitative estimate of drug-likeness (QED) is 0.550. The van der Waals surface area contributed by atoms with E-state index in [1.807, 2.05) is 5.32 Å². The molecular formula is C9H17N3O4. The number of hydrogen-bond donors (Lipinski definition) is 3. The van der Waals surface area contributed by atoms with Crippen molar-refractivity contribution in [2.24, 2.45) is 5.73 Å². The molecule has 1 fully saturated rings. The van der Waals surface area contributed by atoms with Crippen LogP contribution in [0.1, 0.15) is 6.92 Å². The van der Waals surface area contributed by atoms with Crippen LogP contribution in [0.25, 0.3) is 0 Å². The van der Waals surface area contributed by atoms with Crippen LogP contribution in [0.3, 0.4) is 0 Å². The Balaban J connectivity index is 2.20. The first kappa shape index (κ1) is 12.9. The minimum absolute atomic E-state index is 0.0578. The fourth-order valence-electron chi connectivity index (χ4n) is 1.29. The van der Waals surface area contributed by atoms with Gasteiger partial charge >= 0.3 is 6.03 Å². The molecule has 0 aromatic rings. The highest BCUT2D eigenvalue weighted by Crippen LogP contribution is 1.99. The number of rotatable bonds is 4. The molecule has 0 bridgehead atoms. The van der Waals surface area contributed by atoms with Gasteiger partial charge in [0.2, 0.25) is 5.91 Å². The first-order valence-electron chi connectivity index (χ1n) is 5.12. The summed E-state index contributed by atoms with van der Waals surface area (Å²) in [5.74, 6) is -0.454. The van der Waals surface area contributed by atoms with Crippen molar-refractivity contribution in [1.29, 1.82) is 0 Å². The van der Waals surface area contributed by atoms with Crippen LogP contribution in [-0.2, 0) is 14.3 Å². The van der Waals surface area contributed by atoms with E-state index in [0.29, 0.717) is 26.4 Å². The van der Waals surface area contributed by atoms with Crippen LogP contribution in [0.15, 0.2) is 0 Å². The monoisotopic (exact) mass is 231 g/mol. The minimum Gasteiger partial charge on any atom is -0.376 e. The molecule has 1 aliphatic rings. The molecule has 1 rings (SSSR count). The SMILES string of the molecule is CC(NCC1COCCO1)C(=O)NC(N)=O. The Morgan fingerprint density at radius 3 is 2.81 bits per heavy atom. The molecule has 0 aromatic heterocycles. The molecule has 0 radical (unpaired) electrons. The lowest BCUT2D eigenvalue weighted by atomic mass is 10.2. The summed E-state index contributed by atoms with van der Waals surface area (Å²) in [6, 6.07) is -1.35. The third-order valence-corrected chi connectivity index (χ3v) is 2.18. The highest BCUT2D eigenvalue weighted by atomic mass is 16.6. The van der Waals surface area contributed by atoms with E-state index >= 15 is 0 Å². The van der Waals surface area contributed by atoms with Crippen molar-refractivity contribution < 1.29 is 19.1 Å². The fraction of sp³-hybridized carbons (Fsp3) is 0.778. The van der Waals surface area contributed by atoms with Crippen LogP contribution < -0.4 is 16.4 Å². The summed E-state index contributed by atoms with van der Waals surface area (Å²) in [5.41, 5.74) is 4.83. The molecule has 7 nitrogen and oxygen atoms in total. The van der Waals surface area contributed by atoms with Gasteiger partial charge in [-0.15, -0.1) is 0 Å². The Morgan fingerprint density at radius 1 is 1.50 bits per heavy atom. The van der Waals surface area contributed by atoms with E-state index in [1.165, 1.54) is 0 Å². The Bertz CT molecular complexity index is 253. The molecule has 0 saturated carbocycles. The number of amides is 3. The summed E-state index contributed by atoms with van der Waals surface area (Å²) >= 11 is 0. The molecule has 1 aliphatic heterocycles. The van der Waals surface area contributed by atoms with Crippen LogP contribution in [0, 0.1) is 0 Å². The van der Waals surface area contributed by atoms with Crippen molar-refractivity contribution >= 4 is 11.9 Å². The Labute approximate surface area is 93.6 Å². The van der Waals surface area contributed by atoms with Crippen LogP contribution in [0.4, 0.5) is 4.79 Å².